The van der Waals surface area contributed by atoms with Gasteiger partial charge in [-0.1, -0.05) is 27.7 Å². The Hall–Kier alpha value is -1.40. The van der Waals surface area contributed by atoms with Crippen molar-refractivity contribution >= 4 is 11.6 Å². The highest BCUT2D eigenvalue weighted by atomic mass is 16.3. The van der Waals surface area contributed by atoms with E-state index in [0.29, 0.717) is 11.6 Å². The van der Waals surface area contributed by atoms with Crippen LogP contribution in [-0.2, 0) is 5.41 Å². The van der Waals surface area contributed by atoms with Gasteiger partial charge in [-0.2, -0.15) is 0 Å². The zero-order valence-electron chi connectivity index (χ0n) is 13.7. The van der Waals surface area contributed by atoms with Crippen molar-refractivity contribution in [2.45, 2.75) is 52.0 Å². The van der Waals surface area contributed by atoms with E-state index in [-0.39, 0.29) is 18.6 Å². The Balaban J connectivity index is 3.12. The molecule has 1 heterocycles. The van der Waals surface area contributed by atoms with Crippen LogP contribution in [0.4, 0.5) is 11.6 Å². The minimum absolute atomic E-state index is 0.184. The summed E-state index contributed by atoms with van der Waals surface area (Å²) < 4.78 is 0. The van der Waals surface area contributed by atoms with E-state index in [1.54, 1.807) is 13.0 Å². The van der Waals surface area contributed by atoms with Crippen molar-refractivity contribution in [3.63, 3.8) is 0 Å². The lowest BCUT2D eigenvalue weighted by molar-refractivity contribution is 0.147. The average Bonchev–Trinajstić information content (AvgIpc) is 2.43. The summed E-state index contributed by atoms with van der Waals surface area (Å²) in [4.78, 5) is 9.05. The summed E-state index contributed by atoms with van der Waals surface area (Å²) in [5.41, 5.74) is -0.999. The molecule has 4 N–H and O–H groups in total. The summed E-state index contributed by atoms with van der Waals surface area (Å²) in [7, 11) is 0. The molecule has 6 heteroatoms. The molecule has 0 aromatic carbocycles. The number of nitrogens with one attached hydrogen (secondary N) is 2. The van der Waals surface area contributed by atoms with Crippen LogP contribution in [0.2, 0.25) is 0 Å². The molecule has 0 atom stereocenters. The van der Waals surface area contributed by atoms with E-state index in [0.717, 1.165) is 18.8 Å². The normalized spacial score (nSPS) is 12.3. The van der Waals surface area contributed by atoms with Gasteiger partial charge in [-0.25, -0.2) is 9.97 Å². The summed E-state index contributed by atoms with van der Waals surface area (Å²) in [5.74, 6) is 2.06. The van der Waals surface area contributed by atoms with E-state index in [9.17, 15) is 10.2 Å². The van der Waals surface area contributed by atoms with Crippen LogP contribution in [0.15, 0.2) is 6.07 Å². The van der Waals surface area contributed by atoms with Crippen LogP contribution in [0.3, 0.4) is 0 Å². The second-order valence-electron chi connectivity index (χ2n) is 6.64. The highest BCUT2D eigenvalue weighted by Gasteiger charge is 2.25. The zero-order chi connectivity index (χ0) is 16.1. The molecule has 0 saturated heterocycles. The molecule has 6 nitrogen and oxygen atoms in total. The number of hydrogen-bond donors (Lipinski definition) is 4. The van der Waals surface area contributed by atoms with Gasteiger partial charge in [-0.3, -0.25) is 0 Å². The number of nitrogens with zero attached hydrogens (tertiary/aromatic N) is 2. The Morgan fingerprint density at radius 3 is 2.10 bits per heavy atom. The molecule has 0 radical (unpaired) electrons. The minimum Gasteiger partial charge on any atom is -0.394 e. The first-order chi connectivity index (χ1) is 9.74. The predicted octanol–water partition coefficient (Wildman–Crippen LogP) is 1.75. The molecular weight excluding hydrogens is 268 g/mol. The molecule has 0 unspecified atom stereocenters. The van der Waals surface area contributed by atoms with E-state index in [1.807, 2.05) is 20.8 Å². The van der Waals surface area contributed by atoms with E-state index >= 15 is 0 Å². The van der Waals surface area contributed by atoms with E-state index in [1.165, 1.54) is 0 Å². The number of rotatable bonds is 7. The topological polar surface area (TPSA) is 90.3 Å². The maximum absolute atomic E-state index is 9.40. The summed E-state index contributed by atoms with van der Waals surface area (Å²) >= 11 is 0. The number of hydrogen-bond acceptors (Lipinski definition) is 6. The van der Waals surface area contributed by atoms with E-state index in [4.69, 9.17) is 0 Å². The monoisotopic (exact) mass is 296 g/mol. The molecule has 0 fully saturated rings. The van der Waals surface area contributed by atoms with Crippen molar-refractivity contribution in [3.8, 4) is 0 Å². The van der Waals surface area contributed by atoms with Gasteiger partial charge in [0.15, 0.2) is 0 Å². The standard InChI is InChI=1S/C15H28N4O2/c1-6-7-16-11-8-12(19-15(5,9-20)10-21)18-13(17-11)14(2,3)4/h8,20-21H,6-7,9-10H2,1-5H3,(H2,16,17,18,19). The Kier molecular flexibility index (Phi) is 5.92. The van der Waals surface area contributed by atoms with Crippen molar-refractivity contribution in [3.05, 3.63) is 11.9 Å². The molecule has 0 bridgehead atoms. The largest absolute Gasteiger partial charge is 0.394 e. The van der Waals surface area contributed by atoms with Crippen LogP contribution in [0, 0.1) is 0 Å². The zero-order valence-corrected chi connectivity index (χ0v) is 13.7. The maximum Gasteiger partial charge on any atom is 0.138 e. The van der Waals surface area contributed by atoms with Gasteiger partial charge in [0.25, 0.3) is 0 Å². The van der Waals surface area contributed by atoms with Gasteiger partial charge in [0, 0.05) is 18.0 Å². The van der Waals surface area contributed by atoms with Gasteiger partial charge < -0.3 is 20.8 Å². The molecule has 120 valence electrons. The van der Waals surface area contributed by atoms with Crippen LogP contribution in [-0.4, -0.2) is 45.5 Å². The third-order valence-electron chi connectivity index (χ3n) is 3.08. The first-order valence-electron chi connectivity index (χ1n) is 7.37. The summed E-state index contributed by atoms with van der Waals surface area (Å²) in [6, 6.07) is 1.80. The molecule has 0 amide bonds. The third-order valence-corrected chi connectivity index (χ3v) is 3.08. The lowest BCUT2D eigenvalue weighted by Gasteiger charge is -2.28. The van der Waals surface area contributed by atoms with E-state index in [2.05, 4.69) is 27.5 Å². The van der Waals surface area contributed by atoms with Gasteiger partial charge in [0.2, 0.25) is 0 Å². The molecule has 1 aromatic heterocycles. The molecular formula is C15H28N4O2. The third kappa shape index (κ3) is 5.13. The van der Waals surface area contributed by atoms with Gasteiger partial charge in [0.1, 0.15) is 17.5 Å². The lowest BCUT2D eigenvalue weighted by Crippen LogP contribution is -2.43. The summed E-state index contributed by atoms with van der Waals surface area (Å²) in [6.07, 6.45) is 1.00. The first kappa shape index (κ1) is 17.7. The van der Waals surface area contributed by atoms with Gasteiger partial charge in [0.05, 0.1) is 18.8 Å². The highest BCUT2D eigenvalue weighted by Crippen LogP contribution is 2.23. The lowest BCUT2D eigenvalue weighted by atomic mass is 9.95. The second kappa shape index (κ2) is 7.04. The van der Waals surface area contributed by atoms with Crippen molar-refractivity contribution in [2.75, 3.05) is 30.4 Å². The molecule has 1 aromatic rings. The van der Waals surface area contributed by atoms with Crippen molar-refractivity contribution < 1.29 is 10.2 Å². The van der Waals surface area contributed by atoms with Crippen molar-refractivity contribution in [1.29, 1.82) is 0 Å². The molecule has 1 rings (SSSR count). The Morgan fingerprint density at radius 1 is 1.05 bits per heavy atom. The van der Waals surface area contributed by atoms with E-state index < -0.39 is 5.54 Å². The van der Waals surface area contributed by atoms with Crippen LogP contribution < -0.4 is 10.6 Å². The van der Waals surface area contributed by atoms with Crippen LogP contribution >= 0.6 is 0 Å². The molecule has 0 aliphatic rings. The number of anilines is 2. The number of aromatic nitrogens is 2. The summed E-state index contributed by atoms with van der Waals surface area (Å²) in [5, 5.41) is 25.2. The predicted molar refractivity (Wildman–Crippen MR) is 85.7 cm³/mol. The van der Waals surface area contributed by atoms with Crippen LogP contribution in [0.25, 0.3) is 0 Å². The fraction of sp³-hybridized carbons (Fsp3) is 0.733. The number of aliphatic hydroxyl groups is 2. The quantitative estimate of drug-likeness (QED) is 0.613. The fourth-order valence-electron chi connectivity index (χ4n) is 1.63. The summed E-state index contributed by atoms with van der Waals surface area (Å²) in [6.45, 7) is 10.4. The smallest absolute Gasteiger partial charge is 0.138 e. The average molecular weight is 296 g/mol. The Labute approximate surface area is 127 Å². The van der Waals surface area contributed by atoms with Crippen molar-refractivity contribution in [2.24, 2.45) is 0 Å². The maximum atomic E-state index is 9.40. The van der Waals surface area contributed by atoms with Crippen LogP contribution in [0.1, 0.15) is 46.9 Å². The first-order valence-corrected chi connectivity index (χ1v) is 7.37. The highest BCUT2D eigenvalue weighted by molar-refractivity contribution is 5.49. The SMILES string of the molecule is CCCNc1cc(NC(C)(CO)CO)nc(C(C)(C)C)n1. The number of aliphatic hydroxyl groups excluding tert-OH is 2. The second-order valence-corrected chi connectivity index (χ2v) is 6.64. The molecule has 0 aliphatic carbocycles. The minimum atomic E-state index is -0.814. The fourth-order valence-corrected chi connectivity index (χ4v) is 1.63. The van der Waals surface area contributed by atoms with Gasteiger partial charge >= 0.3 is 0 Å². The molecule has 0 saturated carbocycles. The molecule has 0 spiro atoms. The molecule has 0 aliphatic heterocycles. The van der Waals surface area contributed by atoms with Gasteiger partial charge in [-0.05, 0) is 13.3 Å². The van der Waals surface area contributed by atoms with Crippen LogP contribution in [0.5, 0.6) is 0 Å². The van der Waals surface area contributed by atoms with Gasteiger partial charge in [-0.15, -0.1) is 0 Å². The molecule has 21 heavy (non-hydrogen) atoms. The Bertz CT molecular complexity index is 453. The Morgan fingerprint density at radius 2 is 1.62 bits per heavy atom. The van der Waals surface area contributed by atoms with Crippen molar-refractivity contribution in [1.82, 2.24) is 9.97 Å².